The Kier molecular flexibility index (Phi) is 7.54. The van der Waals surface area contributed by atoms with Gasteiger partial charge in [-0.05, 0) is 76.2 Å². The van der Waals surface area contributed by atoms with Gasteiger partial charge in [-0.2, -0.15) is 13.2 Å². The molecule has 3 aliphatic carbocycles. The molecule has 0 aromatic carbocycles. The summed E-state index contributed by atoms with van der Waals surface area (Å²) >= 11 is 0.970. The van der Waals surface area contributed by atoms with Gasteiger partial charge in [0.15, 0.2) is 0 Å². The zero-order valence-electron chi connectivity index (χ0n) is 20.1. The maximum atomic E-state index is 13.8. The lowest BCUT2D eigenvalue weighted by atomic mass is 9.81. The summed E-state index contributed by atoms with van der Waals surface area (Å²) in [4.78, 5) is 28.7. The molecule has 0 bridgehead atoms. The lowest BCUT2D eigenvalue weighted by Crippen LogP contribution is -2.47. The highest BCUT2D eigenvalue weighted by molar-refractivity contribution is 7.15. The third-order valence-corrected chi connectivity index (χ3v) is 8.71. The molecule has 4 rings (SSSR count). The van der Waals surface area contributed by atoms with Gasteiger partial charge in [0.25, 0.3) is 0 Å². The molecule has 192 valence electrons. The van der Waals surface area contributed by atoms with E-state index in [-0.39, 0.29) is 35.6 Å². The summed E-state index contributed by atoms with van der Waals surface area (Å²) in [6.07, 6.45) is 0.859. The zero-order chi connectivity index (χ0) is 25.4. The summed E-state index contributed by atoms with van der Waals surface area (Å²) in [6, 6.07) is 1.37. The fraction of sp³-hybridized carbons (Fsp3) is 0.692. The van der Waals surface area contributed by atoms with Crippen molar-refractivity contribution >= 4 is 28.9 Å². The van der Waals surface area contributed by atoms with Crippen molar-refractivity contribution in [3.05, 3.63) is 15.8 Å². The Bertz CT molecular complexity index is 1000. The minimum Gasteiger partial charge on any atom is -0.465 e. The fourth-order valence-corrected chi connectivity index (χ4v) is 6.08. The second-order valence-corrected chi connectivity index (χ2v) is 11.3. The van der Waals surface area contributed by atoms with Crippen LogP contribution in [-0.2, 0) is 9.53 Å². The standard InChI is InChI=1S/C26H32F3NO4S/c1-16-3-5-17(6-4-16)23(32)30(18-7-9-19(31)10-8-18)21-15-20(35-22(21)24(33)34-2)11-12-25(13-14-25)26(27,28)29/h15-19,31H,3-10,13-14H2,1-2H3/t16-,17-,18-,19-. The van der Waals surface area contributed by atoms with Gasteiger partial charge in [-0.25, -0.2) is 4.79 Å². The van der Waals surface area contributed by atoms with Gasteiger partial charge in [0, 0.05) is 12.0 Å². The number of carbonyl (C=O) groups is 2. The molecular formula is C26H32F3NO4S. The number of methoxy groups -OCH3 is 1. The van der Waals surface area contributed by atoms with E-state index in [0.717, 1.165) is 37.0 Å². The number of alkyl halides is 3. The molecule has 0 unspecified atom stereocenters. The molecule has 1 N–H and O–H groups in total. The molecule has 1 aromatic heterocycles. The summed E-state index contributed by atoms with van der Waals surface area (Å²) in [5, 5.41) is 10.0. The van der Waals surface area contributed by atoms with Crippen LogP contribution in [0.5, 0.6) is 0 Å². The quantitative estimate of drug-likeness (QED) is 0.417. The number of hydrogen-bond donors (Lipinski definition) is 1. The normalized spacial score (nSPS) is 27.9. The highest BCUT2D eigenvalue weighted by Gasteiger charge is 2.62. The van der Waals surface area contributed by atoms with Gasteiger partial charge in [0.2, 0.25) is 5.91 Å². The Labute approximate surface area is 208 Å². The van der Waals surface area contributed by atoms with Gasteiger partial charge in [0.1, 0.15) is 10.3 Å². The van der Waals surface area contributed by atoms with Crippen molar-refractivity contribution in [1.82, 2.24) is 0 Å². The van der Waals surface area contributed by atoms with Crippen LogP contribution in [-0.4, -0.2) is 42.4 Å². The van der Waals surface area contributed by atoms with Crippen molar-refractivity contribution in [3.63, 3.8) is 0 Å². The molecule has 1 amide bonds. The number of anilines is 1. The van der Waals surface area contributed by atoms with Crippen LogP contribution in [0.25, 0.3) is 0 Å². The first kappa shape index (κ1) is 26.0. The van der Waals surface area contributed by atoms with E-state index in [1.165, 1.54) is 7.11 Å². The fourth-order valence-electron chi connectivity index (χ4n) is 5.16. The Morgan fingerprint density at radius 2 is 1.74 bits per heavy atom. The van der Waals surface area contributed by atoms with Crippen LogP contribution in [0.15, 0.2) is 6.07 Å². The molecule has 5 nitrogen and oxygen atoms in total. The van der Waals surface area contributed by atoms with E-state index >= 15 is 0 Å². The number of ether oxygens (including phenoxy) is 1. The van der Waals surface area contributed by atoms with E-state index in [4.69, 9.17) is 4.74 Å². The van der Waals surface area contributed by atoms with E-state index in [0.29, 0.717) is 42.2 Å². The maximum absolute atomic E-state index is 13.8. The molecule has 0 atom stereocenters. The number of thiophene rings is 1. The largest absolute Gasteiger partial charge is 0.465 e. The molecule has 1 heterocycles. The molecule has 3 aliphatic rings. The van der Waals surface area contributed by atoms with Crippen LogP contribution in [0.1, 0.15) is 85.7 Å². The van der Waals surface area contributed by atoms with Gasteiger partial charge < -0.3 is 14.7 Å². The van der Waals surface area contributed by atoms with Crippen LogP contribution in [0.2, 0.25) is 0 Å². The number of rotatable bonds is 4. The van der Waals surface area contributed by atoms with Crippen molar-refractivity contribution in [2.45, 2.75) is 89.5 Å². The summed E-state index contributed by atoms with van der Waals surface area (Å²) < 4.78 is 45.0. The van der Waals surface area contributed by atoms with Gasteiger partial charge >= 0.3 is 12.1 Å². The lowest BCUT2D eigenvalue weighted by molar-refractivity contribution is -0.168. The van der Waals surface area contributed by atoms with Crippen LogP contribution in [0.4, 0.5) is 18.9 Å². The summed E-state index contributed by atoms with van der Waals surface area (Å²) in [5.41, 5.74) is -1.61. The first-order valence-electron chi connectivity index (χ1n) is 12.4. The monoisotopic (exact) mass is 511 g/mol. The van der Waals surface area contributed by atoms with Crippen molar-refractivity contribution in [1.29, 1.82) is 0 Å². The topological polar surface area (TPSA) is 66.8 Å². The van der Waals surface area contributed by atoms with Gasteiger partial charge in [-0.15, -0.1) is 11.3 Å². The van der Waals surface area contributed by atoms with Crippen molar-refractivity contribution < 1.29 is 32.6 Å². The summed E-state index contributed by atoms with van der Waals surface area (Å²) in [7, 11) is 1.24. The van der Waals surface area contributed by atoms with E-state index in [1.807, 2.05) is 0 Å². The molecule has 0 spiro atoms. The van der Waals surface area contributed by atoms with E-state index in [1.54, 1.807) is 11.0 Å². The van der Waals surface area contributed by atoms with Crippen molar-refractivity contribution in [2.24, 2.45) is 17.3 Å². The first-order valence-corrected chi connectivity index (χ1v) is 13.2. The SMILES string of the molecule is COC(=O)c1sc(C#CC2(C(F)(F)F)CC2)cc1N(C(=O)[C@H]1CC[C@H](C)CC1)[C@H]1CC[C@H](O)CC1. The minimum atomic E-state index is -4.39. The second-order valence-electron chi connectivity index (χ2n) is 10.3. The van der Waals surface area contributed by atoms with Gasteiger partial charge in [-0.1, -0.05) is 18.8 Å². The number of nitrogens with zero attached hydrogens (tertiary/aromatic N) is 1. The first-order chi connectivity index (χ1) is 16.5. The third-order valence-electron chi connectivity index (χ3n) is 7.69. The van der Waals surface area contributed by atoms with Crippen molar-refractivity contribution in [3.8, 4) is 11.8 Å². The molecule has 1 aromatic rings. The predicted molar refractivity (Wildman–Crippen MR) is 127 cm³/mol. The smallest absolute Gasteiger partial charge is 0.405 e. The molecule has 3 fully saturated rings. The highest BCUT2D eigenvalue weighted by atomic mass is 32.1. The zero-order valence-corrected chi connectivity index (χ0v) is 20.9. The lowest BCUT2D eigenvalue weighted by Gasteiger charge is -2.38. The average Bonchev–Trinajstić information content (AvgIpc) is 3.53. The number of carbonyl (C=O) groups excluding carboxylic acids is 2. The molecule has 0 saturated heterocycles. The number of hydrogen-bond acceptors (Lipinski definition) is 5. The molecule has 0 aliphatic heterocycles. The summed E-state index contributed by atoms with van der Waals surface area (Å²) in [5.74, 6) is 4.74. The number of amides is 1. The predicted octanol–water partition coefficient (Wildman–Crippen LogP) is 5.69. The Balaban J connectivity index is 1.71. The van der Waals surface area contributed by atoms with E-state index in [9.17, 15) is 27.9 Å². The minimum absolute atomic E-state index is 0.0271. The van der Waals surface area contributed by atoms with E-state index in [2.05, 4.69) is 18.8 Å². The summed E-state index contributed by atoms with van der Waals surface area (Å²) in [6.45, 7) is 2.17. The molecule has 9 heteroatoms. The van der Waals surface area contributed by atoms with Crippen molar-refractivity contribution in [2.75, 3.05) is 12.0 Å². The number of esters is 1. The van der Waals surface area contributed by atoms with Crippen LogP contribution < -0.4 is 4.90 Å². The molecular weight excluding hydrogens is 479 g/mol. The van der Waals surface area contributed by atoms with Gasteiger partial charge in [0.05, 0.1) is 23.8 Å². The second kappa shape index (κ2) is 10.1. The van der Waals surface area contributed by atoms with Crippen LogP contribution in [0.3, 0.4) is 0 Å². The number of aliphatic hydroxyl groups excluding tert-OH is 1. The maximum Gasteiger partial charge on any atom is 0.405 e. The Morgan fingerprint density at radius 3 is 2.29 bits per heavy atom. The third kappa shape index (κ3) is 5.54. The molecule has 0 radical (unpaired) electrons. The average molecular weight is 512 g/mol. The molecule has 3 saturated carbocycles. The van der Waals surface area contributed by atoms with Crippen LogP contribution >= 0.6 is 11.3 Å². The Morgan fingerprint density at radius 1 is 1.11 bits per heavy atom. The number of aliphatic hydroxyl groups is 1. The van der Waals surface area contributed by atoms with E-state index < -0.39 is 23.7 Å². The van der Waals surface area contributed by atoms with Crippen LogP contribution in [0, 0.1) is 29.1 Å². The highest BCUT2D eigenvalue weighted by Crippen LogP contribution is 2.57. The van der Waals surface area contributed by atoms with Gasteiger partial charge in [-0.3, -0.25) is 4.79 Å². The Hall–Kier alpha value is -2.05. The number of halogens is 3. The molecule has 35 heavy (non-hydrogen) atoms.